The van der Waals surface area contributed by atoms with Gasteiger partial charge in [0.2, 0.25) is 10.0 Å². The van der Waals surface area contributed by atoms with Gasteiger partial charge in [0, 0.05) is 18.7 Å². The molecule has 146 valence electrons. The maximum absolute atomic E-state index is 12.8. The van der Waals surface area contributed by atoms with Crippen LogP contribution in [0.15, 0.2) is 42.5 Å². The summed E-state index contributed by atoms with van der Waals surface area (Å²) in [6.07, 6.45) is 0. The number of hydrogen-bond donors (Lipinski definition) is 2. The summed E-state index contributed by atoms with van der Waals surface area (Å²) in [6.45, 7) is -0.0157. The molecule has 2 aromatic rings. The van der Waals surface area contributed by atoms with Crippen LogP contribution in [-0.4, -0.2) is 40.8 Å². The molecule has 0 heterocycles. The van der Waals surface area contributed by atoms with Gasteiger partial charge in [-0.1, -0.05) is 12.1 Å². The molecule has 0 aromatic heterocycles. The highest BCUT2D eigenvalue weighted by Gasteiger charge is 2.13. The van der Waals surface area contributed by atoms with Crippen LogP contribution in [0.5, 0.6) is 11.5 Å². The third-order valence-corrected chi connectivity index (χ3v) is 5.04. The van der Waals surface area contributed by atoms with Crippen LogP contribution in [-0.2, 0) is 16.6 Å². The quantitative estimate of drug-likeness (QED) is 0.673. The minimum absolute atomic E-state index is 0.0479. The molecule has 2 aromatic carbocycles. The fourth-order valence-corrected chi connectivity index (χ4v) is 3.15. The first-order valence-corrected chi connectivity index (χ1v) is 9.72. The molecular weight excluding hydrogens is 375 g/mol. The number of sulfonamides is 1. The lowest BCUT2D eigenvalue weighted by molar-refractivity contribution is 0.0955. The van der Waals surface area contributed by atoms with Crippen molar-refractivity contribution in [2.45, 2.75) is 6.54 Å². The molecule has 2 rings (SSSR count). The van der Waals surface area contributed by atoms with Crippen LogP contribution >= 0.6 is 0 Å². The van der Waals surface area contributed by atoms with E-state index in [4.69, 9.17) is 9.47 Å². The molecule has 0 radical (unpaired) electrons. The van der Waals surface area contributed by atoms with Crippen LogP contribution < -0.4 is 19.5 Å². The number of rotatable bonds is 9. The minimum atomic E-state index is -3.59. The van der Waals surface area contributed by atoms with E-state index in [2.05, 4.69) is 10.0 Å². The molecule has 0 fully saturated rings. The highest BCUT2D eigenvalue weighted by atomic mass is 32.2. The normalized spacial score (nSPS) is 11.1. The van der Waals surface area contributed by atoms with E-state index in [1.807, 2.05) is 0 Å². The number of ether oxygens (including phenoxy) is 2. The average molecular weight is 396 g/mol. The van der Waals surface area contributed by atoms with E-state index >= 15 is 0 Å². The largest absolute Gasteiger partial charge is 0.493 e. The van der Waals surface area contributed by atoms with Gasteiger partial charge >= 0.3 is 0 Å². The Balaban J connectivity index is 1.85. The molecular formula is C18H21FN2O5S. The summed E-state index contributed by atoms with van der Waals surface area (Å²) in [5.74, 6) is -0.211. The van der Waals surface area contributed by atoms with Gasteiger partial charge in [0.25, 0.3) is 5.91 Å². The van der Waals surface area contributed by atoms with Gasteiger partial charge in [0.05, 0.1) is 20.0 Å². The van der Waals surface area contributed by atoms with Crippen molar-refractivity contribution in [3.8, 4) is 11.5 Å². The Kier molecular flexibility index (Phi) is 7.14. The fourth-order valence-electron chi connectivity index (χ4n) is 2.25. The molecule has 0 aliphatic carbocycles. The summed E-state index contributed by atoms with van der Waals surface area (Å²) in [6, 6.07) is 10.2. The lowest BCUT2D eigenvalue weighted by atomic mass is 10.2. The molecule has 7 nitrogen and oxygen atoms in total. The number of hydrogen-bond acceptors (Lipinski definition) is 5. The average Bonchev–Trinajstić information content (AvgIpc) is 2.66. The maximum atomic E-state index is 12.8. The molecule has 0 atom stereocenters. The highest BCUT2D eigenvalue weighted by Crippen LogP contribution is 2.27. The zero-order valence-electron chi connectivity index (χ0n) is 15.0. The Bertz CT molecular complexity index is 885. The Morgan fingerprint density at radius 2 is 1.70 bits per heavy atom. The van der Waals surface area contributed by atoms with E-state index in [1.54, 1.807) is 12.1 Å². The first kappa shape index (κ1) is 20.7. The van der Waals surface area contributed by atoms with Crippen LogP contribution in [0.25, 0.3) is 0 Å². The molecule has 0 unspecified atom stereocenters. The molecule has 27 heavy (non-hydrogen) atoms. The minimum Gasteiger partial charge on any atom is -0.493 e. The summed E-state index contributed by atoms with van der Waals surface area (Å²) in [5, 5.41) is 2.55. The van der Waals surface area contributed by atoms with Crippen LogP contribution in [0.1, 0.15) is 15.9 Å². The van der Waals surface area contributed by atoms with Crippen molar-refractivity contribution >= 4 is 15.9 Å². The van der Waals surface area contributed by atoms with E-state index in [0.717, 1.165) is 0 Å². The number of benzene rings is 2. The number of nitrogens with one attached hydrogen (secondary N) is 2. The predicted molar refractivity (Wildman–Crippen MR) is 98.9 cm³/mol. The molecule has 0 aliphatic rings. The van der Waals surface area contributed by atoms with Crippen molar-refractivity contribution in [1.82, 2.24) is 10.0 Å². The first-order chi connectivity index (χ1) is 12.8. The maximum Gasteiger partial charge on any atom is 0.251 e. The van der Waals surface area contributed by atoms with Gasteiger partial charge in [0.1, 0.15) is 5.82 Å². The Morgan fingerprint density at radius 1 is 1.04 bits per heavy atom. The fraction of sp³-hybridized carbons (Fsp3) is 0.278. The third kappa shape index (κ3) is 6.22. The van der Waals surface area contributed by atoms with Gasteiger partial charge in [-0.15, -0.1) is 0 Å². The second-order valence-electron chi connectivity index (χ2n) is 5.59. The summed E-state index contributed by atoms with van der Waals surface area (Å²) in [4.78, 5) is 12.2. The summed E-state index contributed by atoms with van der Waals surface area (Å²) < 4.78 is 49.5. The van der Waals surface area contributed by atoms with Crippen molar-refractivity contribution in [3.05, 3.63) is 59.4 Å². The van der Waals surface area contributed by atoms with Crippen molar-refractivity contribution in [3.63, 3.8) is 0 Å². The third-order valence-electron chi connectivity index (χ3n) is 3.71. The van der Waals surface area contributed by atoms with E-state index < -0.39 is 15.9 Å². The lowest BCUT2D eigenvalue weighted by Crippen LogP contribution is -2.34. The molecule has 9 heteroatoms. The van der Waals surface area contributed by atoms with E-state index in [0.29, 0.717) is 22.6 Å². The Labute approximate surface area is 157 Å². The van der Waals surface area contributed by atoms with E-state index in [1.165, 1.54) is 44.6 Å². The molecule has 0 spiro atoms. The van der Waals surface area contributed by atoms with Gasteiger partial charge in [0.15, 0.2) is 11.5 Å². The lowest BCUT2D eigenvalue weighted by Gasteiger charge is -2.10. The van der Waals surface area contributed by atoms with Crippen molar-refractivity contribution in [2.24, 2.45) is 0 Å². The Hall–Kier alpha value is -2.65. The van der Waals surface area contributed by atoms with Crippen LogP contribution in [0.4, 0.5) is 4.39 Å². The van der Waals surface area contributed by atoms with E-state index in [-0.39, 0.29) is 24.7 Å². The topological polar surface area (TPSA) is 93.7 Å². The van der Waals surface area contributed by atoms with Crippen LogP contribution in [0.3, 0.4) is 0 Å². The molecule has 0 saturated heterocycles. The zero-order valence-corrected chi connectivity index (χ0v) is 15.8. The molecule has 0 bridgehead atoms. The monoisotopic (exact) mass is 396 g/mol. The number of carbonyl (C=O) groups is 1. The zero-order chi connectivity index (χ0) is 19.9. The summed E-state index contributed by atoms with van der Waals surface area (Å²) in [7, 11) is -0.650. The number of halogens is 1. The first-order valence-electron chi connectivity index (χ1n) is 8.06. The molecule has 1 amide bonds. The summed E-state index contributed by atoms with van der Waals surface area (Å²) in [5.41, 5.74) is 0.957. The van der Waals surface area contributed by atoms with Gasteiger partial charge in [-0.05, 0) is 35.9 Å². The van der Waals surface area contributed by atoms with Gasteiger partial charge in [-0.25, -0.2) is 17.5 Å². The molecule has 2 N–H and O–H groups in total. The van der Waals surface area contributed by atoms with Gasteiger partial charge in [-0.3, -0.25) is 4.79 Å². The van der Waals surface area contributed by atoms with Crippen molar-refractivity contribution in [2.75, 3.05) is 26.5 Å². The second kappa shape index (κ2) is 9.33. The van der Waals surface area contributed by atoms with E-state index in [9.17, 15) is 17.6 Å². The second-order valence-corrected chi connectivity index (χ2v) is 7.52. The van der Waals surface area contributed by atoms with Crippen molar-refractivity contribution < 1.29 is 27.1 Å². The number of carbonyl (C=O) groups excluding carboxylic acids is 1. The SMILES string of the molecule is COc1ccc(C(=O)NCCS(=O)(=O)NCc2ccc(F)cc2)cc1OC. The smallest absolute Gasteiger partial charge is 0.251 e. The number of methoxy groups -OCH3 is 2. The standard InChI is InChI=1S/C18H21FN2O5S/c1-25-16-8-5-14(11-17(16)26-2)18(22)20-9-10-27(23,24)21-12-13-3-6-15(19)7-4-13/h3-8,11,21H,9-10,12H2,1-2H3,(H,20,22). The van der Waals surface area contributed by atoms with Crippen LogP contribution in [0.2, 0.25) is 0 Å². The van der Waals surface area contributed by atoms with Gasteiger partial charge in [-0.2, -0.15) is 0 Å². The van der Waals surface area contributed by atoms with Gasteiger partial charge < -0.3 is 14.8 Å². The highest BCUT2D eigenvalue weighted by molar-refractivity contribution is 7.89. The molecule has 0 saturated carbocycles. The predicted octanol–water partition coefficient (Wildman–Crippen LogP) is 1.69. The molecule has 0 aliphatic heterocycles. The summed E-state index contributed by atoms with van der Waals surface area (Å²) >= 11 is 0. The van der Waals surface area contributed by atoms with Crippen LogP contribution in [0, 0.1) is 5.82 Å². The Morgan fingerprint density at radius 3 is 2.33 bits per heavy atom. The number of amides is 1. The van der Waals surface area contributed by atoms with Crippen molar-refractivity contribution in [1.29, 1.82) is 0 Å².